The zero-order chi connectivity index (χ0) is 22.1. The number of terminal acetylenes is 1. The number of carbonyl (C=O) groups is 2. The highest BCUT2D eigenvalue weighted by Crippen LogP contribution is 2.25. The van der Waals surface area contributed by atoms with Crippen LogP contribution in [0, 0.1) is 12.3 Å². The second-order valence-electron chi connectivity index (χ2n) is 5.89. The number of anilines is 1. The van der Waals surface area contributed by atoms with Crippen molar-refractivity contribution in [1.82, 2.24) is 5.32 Å². The van der Waals surface area contributed by atoms with Crippen LogP contribution in [0.15, 0.2) is 66.1 Å². The minimum Gasteiger partial charge on any atom is -0.452 e. The highest BCUT2D eigenvalue weighted by Gasteiger charge is 2.25. The molecule has 9 heteroatoms. The summed E-state index contributed by atoms with van der Waals surface area (Å²) in [7, 11) is -4.02. The Morgan fingerprint density at radius 3 is 2.57 bits per heavy atom. The second kappa shape index (κ2) is 10.5. The molecule has 0 aromatic heterocycles. The number of amides is 1. The molecule has 0 aliphatic rings. The lowest BCUT2D eigenvalue weighted by Gasteiger charge is -2.23. The maximum atomic E-state index is 13.2. The van der Waals surface area contributed by atoms with E-state index >= 15 is 0 Å². The van der Waals surface area contributed by atoms with Crippen LogP contribution in [0.2, 0.25) is 5.02 Å². The number of halogens is 1. The predicted octanol–water partition coefficient (Wildman–Crippen LogP) is 2.63. The lowest BCUT2D eigenvalue weighted by molar-refractivity contribution is -0.123. The van der Waals surface area contributed by atoms with E-state index in [4.69, 9.17) is 22.8 Å². The predicted molar refractivity (Wildman–Crippen MR) is 115 cm³/mol. The quantitative estimate of drug-likeness (QED) is 0.363. The Morgan fingerprint density at radius 2 is 1.93 bits per heavy atom. The van der Waals surface area contributed by atoms with Crippen molar-refractivity contribution in [1.29, 1.82) is 0 Å². The van der Waals surface area contributed by atoms with Crippen LogP contribution in [0.1, 0.15) is 10.4 Å². The van der Waals surface area contributed by atoms with Gasteiger partial charge < -0.3 is 10.1 Å². The molecule has 156 valence electrons. The largest absolute Gasteiger partial charge is 0.452 e. The molecular formula is C21H19ClN2O5S. The molecule has 0 unspecified atom stereocenters. The molecule has 0 aliphatic carbocycles. The van der Waals surface area contributed by atoms with Gasteiger partial charge in [0.1, 0.15) is 0 Å². The van der Waals surface area contributed by atoms with Gasteiger partial charge in [-0.25, -0.2) is 13.2 Å². The van der Waals surface area contributed by atoms with E-state index in [9.17, 15) is 18.0 Å². The smallest absolute Gasteiger partial charge is 0.338 e. The molecule has 1 N–H and O–H groups in total. The van der Waals surface area contributed by atoms with Gasteiger partial charge in [0.25, 0.3) is 15.9 Å². The summed E-state index contributed by atoms with van der Waals surface area (Å²) < 4.78 is 32.4. The highest BCUT2D eigenvalue weighted by atomic mass is 35.5. The number of benzene rings is 2. The van der Waals surface area contributed by atoms with Crippen LogP contribution < -0.4 is 9.62 Å². The summed E-state index contributed by atoms with van der Waals surface area (Å²) in [5.41, 5.74) is 0.368. The lowest BCUT2D eigenvalue weighted by Crippen LogP contribution is -2.31. The Balaban J connectivity index is 2.26. The van der Waals surface area contributed by atoms with Crippen LogP contribution in [0.3, 0.4) is 0 Å². The third-order valence-corrected chi connectivity index (χ3v) is 5.83. The zero-order valence-corrected chi connectivity index (χ0v) is 17.4. The Hall–Kier alpha value is -3.28. The van der Waals surface area contributed by atoms with Crippen LogP contribution in [-0.4, -0.2) is 40.0 Å². The summed E-state index contributed by atoms with van der Waals surface area (Å²) in [6, 6.07) is 11.6. The van der Waals surface area contributed by atoms with Crippen molar-refractivity contribution in [2.75, 3.05) is 24.0 Å². The minimum absolute atomic E-state index is 0.00789. The van der Waals surface area contributed by atoms with E-state index < -0.39 is 28.5 Å². The van der Waals surface area contributed by atoms with Crippen molar-refractivity contribution in [3.8, 4) is 12.3 Å². The van der Waals surface area contributed by atoms with Crippen LogP contribution in [0.5, 0.6) is 0 Å². The first kappa shape index (κ1) is 23.0. The van der Waals surface area contributed by atoms with Crippen LogP contribution >= 0.6 is 11.6 Å². The molecule has 0 saturated carbocycles. The minimum atomic E-state index is -4.02. The van der Waals surface area contributed by atoms with Crippen molar-refractivity contribution in [2.45, 2.75) is 4.90 Å². The molecule has 0 atom stereocenters. The maximum absolute atomic E-state index is 13.2. The number of carbonyl (C=O) groups excluding carboxylic acids is 2. The van der Waals surface area contributed by atoms with Gasteiger partial charge in [-0.3, -0.25) is 9.10 Å². The molecule has 2 aromatic rings. The summed E-state index contributed by atoms with van der Waals surface area (Å²) in [4.78, 5) is 23.6. The molecule has 1 amide bonds. The molecule has 0 saturated heterocycles. The molecular weight excluding hydrogens is 428 g/mol. The van der Waals surface area contributed by atoms with Crippen LogP contribution in [0.25, 0.3) is 0 Å². The monoisotopic (exact) mass is 446 g/mol. The van der Waals surface area contributed by atoms with Gasteiger partial charge >= 0.3 is 5.97 Å². The summed E-state index contributed by atoms with van der Waals surface area (Å²) in [6.45, 7) is 3.08. The average Bonchev–Trinajstić information content (AvgIpc) is 2.75. The number of nitrogens with one attached hydrogen (secondary N) is 1. The molecule has 2 aromatic carbocycles. The molecule has 0 fully saturated rings. The van der Waals surface area contributed by atoms with Crippen molar-refractivity contribution in [3.63, 3.8) is 0 Å². The normalized spacial score (nSPS) is 10.5. The SMILES string of the molecule is C#CCNC(=O)COC(=O)c1cccc(S(=O)(=O)N(CC=C)c2ccc(Cl)cc2)c1. The number of hydrogen-bond acceptors (Lipinski definition) is 5. The number of hydrogen-bond donors (Lipinski definition) is 1. The number of esters is 1. The van der Waals surface area contributed by atoms with Gasteiger partial charge in [-0.2, -0.15) is 0 Å². The van der Waals surface area contributed by atoms with E-state index in [2.05, 4.69) is 17.8 Å². The highest BCUT2D eigenvalue weighted by molar-refractivity contribution is 7.92. The Bertz CT molecular complexity index is 1080. The summed E-state index contributed by atoms with van der Waals surface area (Å²) in [6.07, 6.45) is 6.47. The first-order chi connectivity index (χ1) is 14.3. The fourth-order valence-electron chi connectivity index (χ4n) is 2.39. The standard InChI is InChI=1S/C21H19ClN2O5S/c1-3-12-23-20(25)15-29-21(26)16-6-5-7-19(14-16)30(27,28)24(13-4-2)18-10-8-17(22)9-11-18/h1,4-11,14H,2,12-13,15H2,(H,23,25). The fourth-order valence-corrected chi connectivity index (χ4v) is 4.00. The van der Waals surface area contributed by atoms with Crippen molar-refractivity contribution < 1.29 is 22.7 Å². The van der Waals surface area contributed by atoms with Crippen molar-refractivity contribution in [3.05, 3.63) is 71.8 Å². The average molecular weight is 447 g/mol. The van der Waals surface area contributed by atoms with Gasteiger partial charge in [0.15, 0.2) is 6.61 Å². The molecule has 0 aliphatic heterocycles. The first-order valence-electron chi connectivity index (χ1n) is 8.66. The van der Waals surface area contributed by atoms with E-state index in [1.54, 1.807) is 24.3 Å². The zero-order valence-electron chi connectivity index (χ0n) is 15.9. The van der Waals surface area contributed by atoms with Crippen LogP contribution in [0.4, 0.5) is 5.69 Å². The number of ether oxygens (including phenoxy) is 1. The maximum Gasteiger partial charge on any atom is 0.338 e. The molecule has 0 radical (unpaired) electrons. The summed E-state index contributed by atoms with van der Waals surface area (Å²) >= 11 is 5.88. The Morgan fingerprint density at radius 1 is 1.23 bits per heavy atom. The van der Waals surface area contributed by atoms with E-state index in [0.29, 0.717) is 10.7 Å². The number of sulfonamides is 1. The van der Waals surface area contributed by atoms with Crippen molar-refractivity contribution >= 4 is 39.2 Å². The summed E-state index contributed by atoms with van der Waals surface area (Å²) in [5.74, 6) is 0.814. The fraction of sp³-hybridized carbons (Fsp3) is 0.143. The molecule has 0 spiro atoms. The Kier molecular flexibility index (Phi) is 8.04. The molecule has 0 bridgehead atoms. The van der Waals surface area contributed by atoms with Crippen molar-refractivity contribution in [2.24, 2.45) is 0 Å². The lowest BCUT2D eigenvalue weighted by atomic mass is 10.2. The van der Waals surface area contributed by atoms with E-state index in [1.165, 1.54) is 30.3 Å². The molecule has 30 heavy (non-hydrogen) atoms. The molecule has 0 heterocycles. The Labute approximate surface area is 180 Å². The molecule has 2 rings (SSSR count). The van der Waals surface area contributed by atoms with E-state index in [1.807, 2.05) is 0 Å². The van der Waals surface area contributed by atoms with Gasteiger partial charge in [-0.05, 0) is 42.5 Å². The summed E-state index contributed by atoms with van der Waals surface area (Å²) in [5, 5.41) is 2.82. The van der Waals surface area contributed by atoms with Gasteiger partial charge in [0.2, 0.25) is 0 Å². The van der Waals surface area contributed by atoms with Crippen LogP contribution in [-0.2, 0) is 19.6 Å². The van der Waals surface area contributed by atoms with E-state index in [0.717, 1.165) is 4.31 Å². The first-order valence-corrected chi connectivity index (χ1v) is 10.5. The number of rotatable bonds is 9. The van der Waals surface area contributed by atoms with Gasteiger partial charge in [0.05, 0.1) is 29.2 Å². The number of nitrogens with zero attached hydrogens (tertiary/aromatic N) is 1. The van der Waals surface area contributed by atoms with Gasteiger partial charge in [-0.1, -0.05) is 29.7 Å². The van der Waals surface area contributed by atoms with Gasteiger partial charge in [0, 0.05) is 5.02 Å². The third kappa shape index (κ3) is 5.86. The van der Waals surface area contributed by atoms with Gasteiger partial charge in [-0.15, -0.1) is 13.0 Å². The molecule has 7 nitrogen and oxygen atoms in total. The third-order valence-electron chi connectivity index (χ3n) is 3.79. The topological polar surface area (TPSA) is 92.8 Å². The second-order valence-corrected chi connectivity index (χ2v) is 8.18. The van der Waals surface area contributed by atoms with E-state index in [-0.39, 0.29) is 23.5 Å².